The van der Waals surface area contributed by atoms with Crippen LogP contribution in [0.2, 0.25) is 0 Å². The van der Waals surface area contributed by atoms with Crippen LogP contribution >= 0.6 is 11.3 Å². The van der Waals surface area contributed by atoms with Gasteiger partial charge < -0.3 is 20.0 Å². The molecule has 0 atom stereocenters. The normalized spacial score (nSPS) is 15.1. The van der Waals surface area contributed by atoms with Crippen molar-refractivity contribution in [1.29, 1.82) is 5.26 Å². The number of benzene rings is 1. The Balaban J connectivity index is 1.03. The van der Waals surface area contributed by atoms with Crippen molar-refractivity contribution in [2.75, 3.05) is 54.9 Å². The third kappa shape index (κ3) is 5.94. The molecule has 0 unspecified atom stereocenters. The molecule has 13 nitrogen and oxygen atoms in total. The highest BCUT2D eigenvalue weighted by Gasteiger charge is 2.27. The molecular weight excluding hydrogens is 601 g/mol. The number of hydrogen-bond donors (Lipinski definition) is 1. The summed E-state index contributed by atoms with van der Waals surface area (Å²) in [6.45, 7) is 8.00. The minimum Gasteiger partial charge on any atom is -0.369 e. The van der Waals surface area contributed by atoms with E-state index in [2.05, 4.69) is 72.5 Å². The molecule has 0 bridgehead atoms. The van der Waals surface area contributed by atoms with Gasteiger partial charge in [0, 0.05) is 68.9 Å². The third-order valence-corrected chi connectivity index (χ3v) is 9.64. The molecule has 46 heavy (non-hydrogen) atoms. The number of hydrogen-bond acceptors (Lipinski definition) is 11. The lowest BCUT2D eigenvalue weighted by molar-refractivity contribution is 0.102. The van der Waals surface area contributed by atoms with Crippen LogP contribution in [0.1, 0.15) is 37.7 Å². The molecule has 4 aromatic heterocycles. The lowest BCUT2D eigenvalue weighted by Gasteiger charge is -2.34. The molecule has 0 aliphatic carbocycles. The Morgan fingerprint density at radius 1 is 1.07 bits per heavy atom. The highest BCUT2D eigenvalue weighted by molar-refractivity contribution is 7.16. The van der Waals surface area contributed by atoms with E-state index in [4.69, 9.17) is 10.1 Å². The Hall–Kier alpha value is -5.13. The molecule has 0 spiro atoms. The number of amides is 1. The summed E-state index contributed by atoms with van der Waals surface area (Å²) < 4.78 is 3.49. The smallest absolute Gasteiger partial charge is 0.259 e. The Bertz CT molecular complexity index is 1930. The van der Waals surface area contributed by atoms with Crippen molar-refractivity contribution in [1.82, 2.24) is 39.4 Å². The zero-order valence-electron chi connectivity index (χ0n) is 26.0. The number of carbonyl (C=O) groups is 1. The summed E-state index contributed by atoms with van der Waals surface area (Å²) in [7, 11) is 3.92. The van der Waals surface area contributed by atoms with E-state index in [0.29, 0.717) is 54.0 Å². The second-order valence-electron chi connectivity index (χ2n) is 11.7. The summed E-state index contributed by atoms with van der Waals surface area (Å²) in [6.07, 6.45) is 7.34. The van der Waals surface area contributed by atoms with Crippen molar-refractivity contribution >= 4 is 33.9 Å². The predicted molar refractivity (Wildman–Crippen MR) is 176 cm³/mol. The van der Waals surface area contributed by atoms with E-state index in [1.54, 1.807) is 30.3 Å². The number of aromatic nitrogens is 7. The van der Waals surface area contributed by atoms with Crippen LogP contribution < -0.4 is 15.1 Å². The molecule has 2 aliphatic heterocycles. The third-order valence-electron chi connectivity index (χ3n) is 8.51. The van der Waals surface area contributed by atoms with E-state index in [1.807, 2.05) is 11.6 Å². The van der Waals surface area contributed by atoms with E-state index in [9.17, 15) is 10.1 Å². The number of fused-ring (bicyclic) bond motifs is 1. The van der Waals surface area contributed by atoms with Gasteiger partial charge in [-0.2, -0.15) is 15.5 Å². The average molecular weight is 635 g/mol. The highest BCUT2D eigenvalue weighted by atomic mass is 32.1. The quantitative estimate of drug-likeness (QED) is 0.284. The number of carbonyl (C=O) groups excluding carboxylic acids is 1. The molecule has 14 heteroatoms. The number of rotatable bonds is 7. The van der Waals surface area contributed by atoms with Crippen molar-refractivity contribution in [3.63, 3.8) is 0 Å². The molecule has 5 aromatic rings. The first-order chi connectivity index (χ1) is 22.3. The second kappa shape index (κ2) is 12.3. The van der Waals surface area contributed by atoms with E-state index >= 15 is 0 Å². The SMILES string of the molecule is Cc1nc(-c2cnc(N3CCc4c(sc(NC(=O)c5cnn(C)c5)c4C#N)C3)nc2)nn1Cc1cccc(N2CCN(C)CC2)c1. The van der Waals surface area contributed by atoms with Crippen molar-refractivity contribution in [3.05, 3.63) is 82.0 Å². The maximum Gasteiger partial charge on any atom is 0.259 e. The average Bonchev–Trinajstić information content (AvgIpc) is 3.77. The van der Waals surface area contributed by atoms with Gasteiger partial charge in [-0.25, -0.2) is 19.6 Å². The molecule has 1 aromatic carbocycles. The van der Waals surface area contributed by atoms with Crippen LogP contribution in [0.25, 0.3) is 11.4 Å². The van der Waals surface area contributed by atoms with Crippen LogP contribution in [0.5, 0.6) is 0 Å². The molecule has 2 aliphatic rings. The molecule has 1 N–H and O–H groups in total. The highest BCUT2D eigenvalue weighted by Crippen LogP contribution is 2.37. The lowest BCUT2D eigenvalue weighted by Crippen LogP contribution is -2.44. The van der Waals surface area contributed by atoms with Gasteiger partial charge in [-0.05, 0) is 43.7 Å². The summed E-state index contributed by atoms with van der Waals surface area (Å²) in [4.78, 5) is 34.7. The van der Waals surface area contributed by atoms with Crippen LogP contribution in [-0.4, -0.2) is 85.1 Å². The number of aryl methyl sites for hydroxylation is 2. The van der Waals surface area contributed by atoms with Gasteiger partial charge >= 0.3 is 0 Å². The molecule has 0 radical (unpaired) electrons. The lowest BCUT2D eigenvalue weighted by atomic mass is 10.0. The largest absolute Gasteiger partial charge is 0.369 e. The fourth-order valence-corrected chi connectivity index (χ4v) is 7.08. The molecule has 1 saturated heterocycles. The van der Waals surface area contributed by atoms with Crippen LogP contribution in [0.4, 0.5) is 16.6 Å². The fourth-order valence-electron chi connectivity index (χ4n) is 5.88. The van der Waals surface area contributed by atoms with Gasteiger partial charge in [-0.1, -0.05) is 12.1 Å². The van der Waals surface area contributed by atoms with Gasteiger partial charge in [-0.15, -0.1) is 11.3 Å². The number of thiophene rings is 1. The summed E-state index contributed by atoms with van der Waals surface area (Å²) in [5.74, 6) is 1.72. The number of anilines is 3. The Kier molecular flexibility index (Phi) is 7.93. The Morgan fingerprint density at radius 2 is 1.87 bits per heavy atom. The molecule has 7 rings (SSSR count). The zero-order chi connectivity index (χ0) is 31.8. The summed E-state index contributed by atoms with van der Waals surface area (Å²) in [5, 5.41) is 22.2. The molecule has 6 heterocycles. The van der Waals surface area contributed by atoms with Crippen molar-refractivity contribution < 1.29 is 4.79 Å². The predicted octanol–water partition coefficient (Wildman–Crippen LogP) is 3.33. The Morgan fingerprint density at radius 3 is 2.61 bits per heavy atom. The monoisotopic (exact) mass is 634 g/mol. The first kappa shape index (κ1) is 29.6. The van der Waals surface area contributed by atoms with Gasteiger partial charge in [0.25, 0.3) is 5.91 Å². The second-order valence-corrected chi connectivity index (χ2v) is 12.8. The minimum atomic E-state index is -0.288. The van der Waals surface area contributed by atoms with E-state index in [0.717, 1.165) is 48.0 Å². The molecular formula is C32H34N12OS. The Labute approximate surface area is 270 Å². The molecule has 234 valence electrons. The van der Waals surface area contributed by atoms with E-state index < -0.39 is 0 Å². The topological polar surface area (TPSA) is 137 Å². The molecule has 0 saturated carbocycles. The van der Waals surface area contributed by atoms with E-state index in [1.165, 1.54) is 28.8 Å². The maximum absolute atomic E-state index is 12.7. The summed E-state index contributed by atoms with van der Waals surface area (Å²) in [5.41, 5.74) is 5.11. The van der Waals surface area contributed by atoms with Crippen molar-refractivity contribution in [2.24, 2.45) is 7.05 Å². The number of likely N-dealkylation sites (N-methyl/N-ethyl adjacent to an activating group) is 1. The van der Waals surface area contributed by atoms with Gasteiger partial charge in [0.05, 0.1) is 36.0 Å². The van der Waals surface area contributed by atoms with Crippen molar-refractivity contribution in [3.8, 4) is 17.5 Å². The number of nitriles is 1. The van der Waals surface area contributed by atoms with Crippen LogP contribution in [-0.2, 0) is 26.6 Å². The van der Waals surface area contributed by atoms with Crippen LogP contribution in [0.15, 0.2) is 49.1 Å². The number of nitrogens with zero attached hydrogens (tertiary/aromatic N) is 11. The van der Waals surface area contributed by atoms with Crippen molar-refractivity contribution in [2.45, 2.75) is 26.4 Å². The van der Waals surface area contributed by atoms with E-state index in [-0.39, 0.29) is 5.91 Å². The first-order valence-corrected chi connectivity index (χ1v) is 16.0. The van der Waals surface area contributed by atoms with Gasteiger partial charge in [0.1, 0.15) is 16.9 Å². The standard InChI is InChI=1S/C32H34N12OS/c1-21-37-29(39-44(21)18-22-5-4-6-25(13-22)42-11-9-40(2)10-12-42)23-15-34-32(35-16-23)43-8-7-26-27(14-33)31(46-28(26)20-43)38-30(45)24-17-36-41(3)19-24/h4-6,13,15-17,19H,7-12,18,20H2,1-3H3,(H,38,45). The summed E-state index contributed by atoms with van der Waals surface area (Å²) in [6, 6.07) is 11.0. The van der Waals surface area contributed by atoms with Gasteiger partial charge in [-0.3, -0.25) is 9.48 Å². The van der Waals surface area contributed by atoms with Crippen LogP contribution in [0, 0.1) is 18.3 Å². The number of piperazine rings is 1. The minimum absolute atomic E-state index is 0.288. The zero-order valence-corrected chi connectivity index (χ0v) is 26.8. The molecule has 1 amide bonds. The van der Waals surface area contributed by atoms with Crippen LogP contribution in [0.3, 0.4) is 0 Å². The number of nitrogens with one attached hydrogen (secondary N) is 1. The van der Waals surface area contributed by atoms with Gasteiger partial charge in [0.2, 0.25) is 5.95 Å². The van der Waals surface area contributed by atoms with Gasteiger partial charge in [0.15, 0.2) is 5.82 Å². The fraction of sp³-hybridized carbons (Fsp3) is 0.344. The first-order valence-electron chi connectivity index (χ1n) is 15.2. The maximum atomic E-state index is 12.7. The molecule has 1 fully saturated rings. The summed E-state index contributed by atoms with van der Waals surface area (Å²) >= 11 is 1.42.